The first-order chi connectivity index (χ1) is 6.31. The largest absolute Gasteiger partial charge is 0.373 e. The molecule has 0 atom stereocenters. The van der Waals surface area contributed by atoms with Crippen molar-refractivity contribution in [1.82, 2.24) is 5.32 Å². The standard InChI is InChI=1S/C11H12N2/c1-4-9-5-7-10(8-6-9)11(12-2)13-3/h1,5-8H,2-3H3,(H,12,13). The lowest BCUT2D eigenvalue weighted by Crippen LogP contribution is -2.19. The maximum absolute atomic E-state index is 5.25. The number of benzene rings is 1. The Hall–Kier alpha value is -1.75. The molecule has 0 amide bonds. The number of aliphatic imine (C=N–C) groups is 1. The van der Waals surface area contributed by atoms with E-state index in [9.17, 15) is 0 Å². The molecule has 0 aliphatic rings. The Balaban J connectivity index is 2.99. The summed E-state index contributed by atoms with van der Waals surface area (Å²) < 4.78 is 0. The average molecular weight is 172 g/mol. The summed E-state index contributed by atoms with van der Waals surface area (Å²) in [5, 5.41) is 3.00. The second-order valence-electron chi connectivity index (χ2n) is 2.54. The molecule has 0 saturated heterocycles. The van der Waals surface area contributed by atoms with Gasteiger partial charge in [0, 0.05) is 25.2 Å². The van der Waals surface area contributed by atoms with Crippen molar-refractivity contribution >= 4 is 5.84 Å². The van der Waals surface area contributed by atoms with Gasteiger partial charge in [0.1, 0.15) is 5.84 Å². The third-order valence-corrected chi connectivity index (χ3v) is 1.79. The zero-order valence-electron chi connectivity index (χ0n) is 7.83. The van der Waals surface area contributed by atoms with E-state index < -0.39 is 0 Å². The van der Waals surface area contributed by atoms with Crippen molar-refractivity contribution in [3.05, 3.63) is 35.4 Å². The van der Waals surface area contributed by atoms with Gasteiger partial charge >= 0.3 is 0 Å². The summed E-state index contributed by atoms with van der Waals surface area (Å²) in [6.07, 6.45) is 5.25. The molecule has 1 rings (SSSR count). The van der Waals surface area contributed by atoms with Gasteiger partial charge in [-0.05, 0) is 12.1 Å². The first-order valence-corrected chi connectivity index (χ1v) is 4.03. The van der Waals surface area contributed by atoms with Gasteiger partial charge in [-0.15, -0.1) is 6.42 Å². The SMILES string of the molecule is C#Cc1ccc(C(=NC)NC)cc1. The van der Waals surface area contributed by atoms with Crippen molar-refractivity contribution in [3.63, 3.8) is 0 Å². The normalized spacial score (nSPS) is 10.7. The smallest absolute Gasteiger partial charge is 0.127 e. The van der Waals surface area contributed by atoms with Gasteiger partial charge in [0.05, 0.1) is 0 Å². The fourth-order valence-electron chi connectivity index (χ4n) is 1.11. The van der Waals surface area contributed by atoms with Crippen LogP contribution in [0.1, 0.15) is 11.1 Å². The van der Waals surface area contributed by atoms with Crippen LogP contribution in [0, 0.1) is 12.3 Å². The van der Waals surface area contributed by atoms with E-state index in [1.807, 2.05) is 31.3 Å². The fourth-order valence-corrected chi connectivity index (χ4v) is 1.11. The summed E-state index contributed by atoms with van der Waals surface area (Å²) in [4.78, 5) is 4.09. The number of nitrogens with one attached hydrogen (secondary N) is 1. The van der Waals surface area contributed by atoms with Gasteiger partial charge < -0.3 is 5.32 Å². The predicted molar refractivity (Wildman–Crippen MR) is 55.9 cm³/mol. The highest BCUT2D eigenvalue weighted by Crippen LogP contribution is 2.03. The number of rotatable bonds is 1. The number of hydrogen-bond acceptors (Lipinski definition) is 1. The molecule has 2 nitrogen and oxygen atoms in total. The quantitative estimate of drug-likeness (QED) is 0.385. The van der Waals surface area contributed by atoms with E-state index in [1.54, 1.807) is 7.05 Å². The highest BCUT2D eigenvalue weighted by molar-refractivity contribution is 5.98. The van der Waals surface area contributed by atoms with Crippen LogP contribution in [0.5, 0.6) is 0 Å². The number of amidine groups is 1. The minimum atomic E-state index is 0.864. The Morgan fingerprint density at radius 1 is 1.38 bits per heavy atom. The summed E-state index contributed by atoms with van der Waals surface area (Å²) in [7, 11) is 3.60. The second-order valence-corrected chi connectivity index (χ2v) is 2.54. The molecule has 2 heteroatoms. The van der Waals surface area contributed by atoms with Crippen molar-refractivity contribution in [2.75, 3.05) is 14.1 Å². The van der Waals surface area contributed by atoms with Crippen LogP contribution in [0.3, 0.4) is 0 Å². The molecule has 0 fully saturated rings. The summed E-state index contributed by atoms with van der Waals surface area (Å²) in [5.74, 6) is 3.43. The van der Waals surface area contributed by atoms with E-state index in [0.717, 1.165) is 17.0 Å². The summed E-state index contributed by atoms with van der Waals surface area (Å²) in [6, 6.07) is 7.71. The molecule has 66 valence electrons. The van der Waals surface area contributed by atoms with E-state index in [4.69, 9.17) is 6.42 Å². The molecule has 0 aliphatic heterocycles. The van der Waals surface area contributed by atoms with E-state index in [2.05, 4.69) is 16.2 Å². The summed E-state index contributed by atoms with van der Waals surface area (Å²) in [5.41, 5.74) is 1.93. The zero-order chi connectivity index (χ0) is 9.68. The third-order valence-electron chi connectivity index (χ3n) is 1.79. The molecule has 0 bridgehead atoms. The van der Waals surface area contributed by atoms with Crippen LogP contribution >= 0.6 is 0 Å². The van der Waals surface area contributed by atoms with Crippen LogP contribution in [-0.4, -0.2) is 19.9 Å². The Morgan fingerprint density at radius 3 is 2.38 bits per heavy atom. The van der Waals surface area contributed by atoms with Crippen molar-refractivity contribution in [2.24, 2.45) is 4.99 Å². The van der Waals surface area contributed by atoms with E-state index >= 15 is 0 Å². The number of nitrogens with zero attached hydrogens (tertiary/aromatic N) is 1. The first kappa shape index (κ1) is 9.34. The Bertz CT molecular complexity index is 341. The molecule has 1 aromatic rings. The van der Waals surface area contributed by atoms with Crippen molar-refractivity contribution in [3.8, 4) is 12.3 Å². The fraction of sp³-hybridized carbons (Fsp3) is 0.182. The number of hydrogen-bond donors (Lipinski definition) is 1. The van der Waals surface area contributed by atoms with Gasteiger partial charge in [-0.25, -0.2) is 0 Å². The van der Waals surface area contributed by atoms with Crippen molar-refractivity contribution in [2.45, 2.75) is 0 Å². The monoisotopic (exact) mass is 172 g/mol. The van der Waals surface area contributed by atoms with E-state index in [0.29, 0.717) is 0 Å². The van der Waals surface area contributed by atoms with Crippen molar-refractivity contribution < 1.29 is 0 Å². The van der Waals surface area contributed by atoms with E-state index in [-0.39, 0.29) is 0 Å². The molecule has 0 saturated carbocycles. The van der Waals surface area contributed by atoms with Gasteiger partial charge in [-0.1, -0.05) is 18.1 Å². The van der Waals surface area contributed by atoms with Crippen LogP contribution < -0.4 is 5.32 Å². The highest BCUT2D eigenvalue weighted by Gasteiger charge is 1.97. The van der Waals surface area contributed by atoms with Gasteiger partial charge in [-0.2, -0.15) is 0 Å². The van der Waals surface area contributed by atoms with Gasteiger partial charge in [0.15, 0.2) is 0 Å². The van der Waals surface area contributed by atoms with Crippen LogP contribution in [0.2, 0.25) is 0 Å². The minimum absolute atomic E-state index is 0.864. The Morgan fingerprint density at radius 2 is 2.00 bits per heavy atom. The van der Waals surface area contributed by atoms with Gasteiger partial charge in [0.25, 0.3) is 0 Å². The maximum Gasteiger partial charge on any atom is 0.127 e. The van der Waals surface area contributed by atoms with Crippen LogP contribution in [0.25, 0.3) is 0 Å². The molecule has 0 radical (unpaired) electrons. The second kappa shape index (κ2) is 4.32. The van der Waals surface area contributed by atoms with Gasteiger partial charge in [-0.3, -0.25) is 4.99 Å². The van der Waals surface area contributed by atoms with Crippen LogP contribution in [0.15, 0.2) is 29.3 Å². The molecule has 0 aliphatic carbocycles. The topological polar surface area (TPSA) is 24.4 Å². The molecule has 13 heavy (non-hydrogen) atoms. The Kier molecular flexibility index (Phi) is 3.10. The molecule has 0 spiro atoms. The van der Waals surface area contributed by atoms with Crippen LogP contribution in [-0.2, 0) is 0 Å². The molecule has 1 N–H and O–H groups in total. The summed E-state index contributed by atoms with van der Waals surface area (Å²) >= 11 is 0. The minimum Gasteiger partial charge on any atom is -0.373 e. The lowest BCUT2D eigenvalue weighted by molar-refractivity contribution is 1.15. The lowest BCUT2D eigenvalue weighted by atomic mass is 10.1. The maximum atomic E-state index is 5.25. The van der Waals surface area contributed by atoms with E-state index in [1.165, 1.54) is 0 Å². The zero-order valence-corrected chi connectivity index (χ0v) is 7.83. The van der Waals surface area contributed by atoms with Crippen molar-refractivity contribution in [1.29, 1.82) is 0 Å². The van der Waals surface area contributed by atoms with Crippen LogP contribution in [0.4, 0.5) is 0 Å². The molecule has 0 aromatic heterocycles. The predicted octanol–water partition coefficient (Wildman–Crippen LogP) is 1.26. The lowest BCUT2D eigenvalue weighted by Gasteiger charge is -2.03. The molecule has 0 unspecified atom stereocenters. The molecular weight excluding hydrogens is 160 g/mol. The summed E-state index contributed by atoms with van der Waals surface area (Å²) in [6.45, 7) is 0. The highest BCUT2D eigenvalue weighted by atomic mass is 14.9. The van der Waals surface area contributed by atoms with Gasteiger partial charge in [0.2, 0.25) is 0 Å². The number of terminal acetylenes is 1. The average Bonchev–Trinajstić information content (AvgIpc) is 2.21. The third kappa shape index (κ3) is 2.09. The molecule has 0 heterocycles. The first-order valence-electron chi connectivity index (χ1n) is 4.03. The molecular formula is C11H12N2. The molecule has 1 aromatic carbocycles. The Labute approximate surface area is 78.7 Å².